The molecule has 1 fully saturated rings. The summed E-state index contributed by atoms with van der Waals surface area (Å²) in [5, 5.41) is 4.85. The fourth-order valence-electron chi connectivity index (χ4n) is 3.43. The number of hydrogen-bond donors (Lipinski definition) is 2. The molecule has 0 saturated carbocycles. The maximum absolute atomic E-state index is 13.9. The third-order valence-electron chi connectivity index (χ3n) is 4.82. The molecule has 5 amide bonds. The molecule has 142 valence electrons. The second-order valence-electron chi connectivity index (χ2n) is 6.50. The van der Waals surface area contributed by atoms with E-state index >= 15 is 0 Å². The molecule has 0 aromatic heterocycles. The van der Waals surface area contributed by atoms with Gasteiger partial charge in [0.05, 0.1) is 12.3 Å². The number of urea groups is 2. The van der Waals surface area contributed by atoms with Crippen LogP contribution >= 0.6 is 0 Å². The van der Waals surface area contributed by atoms with Gasteiger partial charge in [-0.25, -0.2) is 18.9 Å². The topological polar surface area (TPSA) is 87.7 Å². The van der Waals surface area contributed by atoms with Gasteiger partial charge in [-0.1, -0.05) is 30.3 Å². The fraction of sp³-hybridized carbons (Fsp3) is 0.150. The molecular formula is C20H16FN3O4. The van der Waals surface area contributed by atoms with Crippen LogP contribution in [0.2, 0.25) is 0 Å². The van der Waals surface area contributed by atoms with Crippen LogP contribution < -0.4 is 15.4 Å². The lowest BCUT2D eigenvalue weighted by Crippen LogP contribution is -2.53. The minimum Gasteiger partial charge on any atom is -0.465 e. The highest BCUT2D eigenvalue weighted by atomic mass is 19.1. The van der Waals surface area contributed by atoms with Gasteiger partial charge >= 0.3 is 12.1 Å². The van der Waals surface area contributed by atoms with Gasteiger partial charge in [0.25, 0.3) is 5.91 Å². The summed E-state index contributed by atoms with van der Waals surface area (Å²) in [6, 6.07) is 10.6. The lowest BCUT2D eigenvalue weighted by atomic mass is 9.86. The van der Waals surface area contributed by atoms with Gasteiger partial charge in [0.1, 0.15) is 11.6 Å². The molecule has 1 saturated heterocycles. The average molecular weight is 381 g/mol. The molecule has 2 heterocycles. The number of nitrogens with zero attached hydrogens (tertiary/aromatic N) is 1. The molecule has 4 rings (SSSR count). The molecule has 8 heteroatoms. The highest BCUT2D eigenvalue weighted by Crippen LogP contribution is 2.43. The van der Waals surface area contributed by atoms with Crippen LogP contribution in [0, 0.1) is 5.82 Å². The Kier molecular flexibility index (Phi) is 4.11. The van der Waals surface area contributed by atoms with Gasteiger partial charge in [-0.15, -0.1) is 0 Å². The molecule has 0 unspecified atom stereocenters. The van der Waals surface area contributed by atoms with E-state index in [1.54, 1.807) is 6.92 Å². The molecule has 2 aliphatic heterocycles. The van der Waals surface area contributed by atoms with E-state index in [2.05, 4.69) is 10.6 Å². The molecule has 0 radical (unpaired) electrons. The number of halogens is 1. The third-order valence-corrected chi connectivity index (χ3v) is 4.82. The Morgan fingerprint density at radius 1 is 1.21 bits per heavy atom. The molecule has 0 bridgehead atoms. The van der Waals surface area contributed by atoms with Crippen molar-refractivity contribution in [2.45, 2.75) is 18.5 Å². The SMILES string of the molecule is C[C@H](NC(=O)N1C(=O)NC(=O)[C@]12C=COc1ccc(F)cc12)c1ccccc1. The summed E-state index contributed by atoms with van der Waals surface area (Å²) in [4.78, 5) is 38.9. The number of imide groups is 2. The normalized spacial score (nSPS) is 21.1. The lowest BCUT2D eigenvalue weighted by Gasteiger charge is -2.35. The Morgan fingerprint density at radius 2 is 1.96 bits per heavy atom. The maximum Gasteiger partial charge on any atom is 0.333 e. The average Bonchev–Trinajstić information content (AvgIpc) is 2.93. The number of hydrogen-bond acceptors (Lipinski definition) is 4. The van der Waals surface area contributed by atoms with Crippen LogP contribution in [0.15, 0.2) is 60.9 Å². The first-order valence-electron chi connectivity index (χ1n) is 8.59. The Labute approximate surface area is 159 Å². The van der Waals surface area contributed by atoms with Crippen LogP contribution in [-0.2, 0) is 10.3 Å². The Morgan fingerprint density at radius 3 is 2.71 bits per heavy atom. The van der Waals surface area contributed by atoms with Crippen LogP contribution in [-0.4, -0.2) is 22.9 Å². The van der Waals surface area contributed by atoms with Crippen molar-refractivity contribution < 1.29 is 23.5 Å². The van der Waals surface area contributed by atoms with Crippen molar-refractivity contribution in [2.75, 3.05) is 0 Å². The molecule has 7 nitrogen and oxygen atoms in total. The van der Waals surface area contributed by atoms with E-state index in [1.807, 2.05) is 30.3 Å². The molecule has 2 aromatic rings. The summed E-state index contributed by atoms with van der Waals surface area (Å²) in [6.07, 6.45) is 2.47. The quantitative estimate of drug-likeness (QED) is 0.783. The highest BCUT2D eigenvalue weighted by molar-refractivity contribution is 6.15. The van der Waals surface area contributed by atoms with Crippen LogP contribution in [0.25, 0.3) is 0 Å². The number of carbonyl (C=O) groups excluding carboxylic acids is 3. The van der Waals surface area contributed by atoms with Gasteiger partial charge in [-0.3, -0.25) is 10.1 Å². The first kappa shape index (κ1) is 17.7. The zero-order chi connectivity index (χ0) is 19.9. The molecule has 28 heavy (non-hydrogen) atoms. The van der Waals surface area contributed by atoms with Crippen molar-refractivity contribution in [3.63, 3.8) is 0 Å². The summed E-state index contributed by atoms with van der Waals surface area (Å²) < 4.78 is 19.2. The number of benzene rings is 2. The van der Waals surface area contributed by atoms with Gasteiger partial charge in [0, 0.05) is 5.56 Å². The van der Waals surface area contributed by atoms with Gasteiger partial charge < -0.3 is 10.1 Å². The largest absolute Gasteiger partial charge is 0.465 e. The number of nitrogens with one attached hydrogen (secondary N) is 2. The molecule has 1 spiro atoms. The maximum atomic E-state index is 13.9. The van der Waals surface area contributed by atoms with E-state index in [-0.39, 0.29) is 11.3 Å². The monoisotopic (exact) mass is 381 g/mol. The van der Waals surface area contributed by atoms with Gasteiger partial charge in [0.15, 0.2) is 5.54 Å². The van der Waals surface area contributed by atoms with Crippen LogP contribution in [0.1, 0.15) is 24.1 Å². The standard InChI is InChI=1S/C20H16FN3O4/c1-12(13-5-3-2-4-6-13)22-18(26)24-19(27)23-17(25)20(24)9-10-28-16-8-7-14(21)11-15(16)20/h2-12H,1H3,(H,22,26)(H,23,25,27)/t12-,20+/m0/s1. The van der Waals surface area contributed by atoms with E-state index < -0.39 is 35.4 Å². The molecule has 2 aromatic carbocycles. The Hall–Kier alpha value is -3.68. The lowest BCUT2D eigenvalue weighted by molar-refractivity contribution is -0.124. The predicted molar refractivity (Wildman–Crippen MR) is 96.6 cm³/mol. The number of fused-ring (bicyclic) bond motifs is 2. The second-order valence-corrected chi connectivity index (χ2v) is 6.50. The van der Waals surface area contributed by atoms with Crippen molar-refractivity contribution in [2.24, 2.45) is 0 Å². The van der Waals surface area contributed by atoms with Crippen molar-refractivity contribution in [1.82, 2.24) is 15.5 Å². The van der Waals surface area contributed by atoms with E-state index in [9.17, 15) is 18.8 Å². The second kappa shape index (κ2) is 6.49. The zero-order valence-electron chi connectivity index (χ0n) is 14.8. The summed E-state index contributed by atoms with van der Waals surface area (Å²) in [5.41, 5.74) is -0.932. The van der Waals surface area contributed by atoms with E-state index in [1.165, 1.54) is 24.5 Å². The highest BCUT2D eigenvalue weighted by Gasteiger charge is 2.58. The van der Waals surface area contributed by atoms with Gasteiger partial charge in [0.2, 0.25) is 0 Å². The number of ether oxygens (including phenoxy) is 1. The van der Waals surface area contributed by atoms with E-state index in [0.29, 0.717) is 0 Å². The van der Waals surface area contributed by atoms with Crippen LogP contribution in [0.3, 0.4) is 0 Å². The summed E-state index contributed by atoms with van der Waals surface area (Å²) in [6.45, 7) is 1.75. The summed E-state index contributed by atoms with van der Waals surface area (Å²) in [5.74, 6) is -1.20. The molecule has 0 aliphatic carbocycles. The molecular weight excluding hydrogens is 365 g/mol. The minimum absolute atomic E-state index is 0.0702. The first-order valence-corrected chi connectivity index (χ1v) is 8.59. The van der Waals surface area contributed by atoms with Crippen molar-refractivity contribution in [1.29, 1.82) is 0 Å². The minimum atomic E-state index is -1.83. The van der Waals surface area contributed by atoms with E-state index in [0.717, 1.165) is 16.5 Å². The fourth-order valence-corrected chi connectivity index (χ4v) is 3.43. The molecule has 2 aliphatic rings. The van der Waals surface area contributed by atoms with Crippen molar-refractivity contribution in [3.05, 3.63) is 77.8 Å². The summed E-state index contributed by atoms with van der Waals surface area (Å²) >= 11 is 0. The number of carbonyl (C=O) groups is 3. The van der Waals surface area contributed by atoms with Gasteiger partial charge in [-0.05, 0) is 36.8 Å². The van der Waals surface area contributed by atoms with Crippen LogP contribution in [0.5, 0.6) is 5.75 Å². The summed E-state index contributed by atoms with van der Waals surface area (Å²) in [7, 11) is 0. The zero-order valence-corrected chi connectivity index (χ0v) is 14.8. The molecule has 2 N–H and O–H groups in total. The number of rotatable bonds is 2. The smallest absolute Gasteiger partial charge is 0.333 e. The van der Waals surface area contributed by atoms with Gasteiger partial charge in [-0.2, -0.15) is 0 Å². The third kappa shape index (κ3) is 2.61. The first-order chi connectivity index (χ1) is 13.4. The molecule has 2 atom stereocenters. The van der Waals surface area contributed by atoms with Crippen molar-refractivity contribution in [3.8, 4) is 5.75 Å². The van der Waals surface area contributed by atoms with Crippen molar-refractivity contribution >= 4 is 18.0 Å². The van der Waals surface area contributed by atoms with Crippen LogP contribution in [0.4, 0.5) is 14.0 Å². The number of amides is 5. The van der Waals surface area contributed by atoms with E-state index in [4.69, 9.17) is 4.74 Å². The Bertz CT molecular complexity index is 1010. The Balaban J connectivity index is 1.74. The predicted octanol–water partition coefficient (Wildman–Crippen LogP) is 2.95.